The van der Waals surface area contributed by atoms with Crippen molar-refractivity contribution in [2.45, 2.75) is 13.0 Å². The van der Waals surface area contributed by atoms with Crippen molar-refractivity contribution < 1.29 is 14.5 Å². The molecule has 0 saturated heterocycles. The SMILES string of the molecule is CC(NC(=O)COc1cccnc1[N+](=O)[O-])c1ccc(Br)cc1. The molecule has 0 radical (unpaired) electrons. The van der Waals surface area contributed by atoms with Crippen molar-refractivity contribution >= 4 is 27.7 Å². The van der Waals surface area contributed by atoms with E-state index in [1.165, 1.54) is 18.3 Å². The molecule has 1 heterocycles. The van der Waals surface area contributed by atoms with Gasteiger partial charge in [0.15, 0.2) is 6.61 Å². The summed E-state index contributed by atoms with van der Waals surface area (Å²) in [6, 6.07) is 10.2. The number of amides is 1. The maximum absolute atomic E-state index is 11.9. The maximum Gasteiger partial charge on any atom is 0.406 e. The molecular weight excluding hydrogens is 366 g/mol. The van der Waals surface area contributed by atoms with Gasteiger partial charge in [-0.2, -0.15) is 0 Å². The Hall–Kier alpha value is -2.48. The summed E-state index contributed by atoms with van der Waals surface area (Å²) in [5, 5.41) is 13.6. The molecule has 0 saturated carbocycles. The van der Waals surface area contributed by atoms with Crippen molar-refractivity contribution in [1.29, 1.82) is 0 Å². The number of rotatable bonds is 6. The standard InChI is InChI=1S/C15H14BrN3O4/c1-10(11-4-6-12(16)7-5-11)18-14(20)9-23-13-3-2-8-17-15(13)19(21)22/h2-8,10H,9H2,1H3,(H,18,20). The molecule has 1 amide bonds. The van der Waals surface area contributed by atoms with Crippen LogP contribution in [0, 0.1) is 10.1 Å². The number of carbonyl (C=O) groups is 1. The van der Waals surface area contributed by atoms with Gasteiger partial charge in [0.05, 0.1) is 6.04 Å². The third kappa shape index (κ3) is 4.75. The Morgan fingerprint density at radius 3 is 2.74 bits per heavy atom. The Morgan fingerprint density at radius 2 is 2.09 bits per heavy atom. The van der Waals surface area contributed by atoms with Gasteiger partial charge in [0.25, 0.3) is 5.91 Å². The molecule has 0 aliphatic rings. The van der Waals surface area contributed by atoms with E-state index < -0.39 is 10.7 Å². The Labute approximate surface area is 141 Å². The first kappa shape index (κ1) is 16.9. The van der Waals surface area contributed by atoms with Gasteiger partial charge in [-0.25, -0.2) is 0 Å². The molecule has 0 aliphatic carbocycles. The Kier molecular flexibility index (Phi) is 5.64. The van der Waals surface area contributed by atoms with E-state index in [0.717, 1.165) is 10.0 Å². The topological polar surface area (TPSA) is 94.4 Å². The van der Waals surface area contributed by atoms with Crippen LogP contribution < -0.4 is 10.1 Å². The molecule has 8 heteroatoms. The first-order chi connectivity index (χ1) is 11.0. The second kappa shape index (κ2) is 7.68. The zero-order valence-corrected chi connectivity index (χ0v) is 13.8. The van der Waals surface area contributed by atoms with Crippen molar-refractivity contribution in [3.8, 4) is 5.75 Å². The highest BCUT2D eigenvalue weighted by atomic mass is 79.9. The predicted molar refractivity (Wildman–Crippen MR) is 87.1 cm³/mol. The van der Waals surface area contributed by atoms with Gasteiger partial charge >= 0.3 is 5.82 Å². The number of nitro groups is 1. The van der Waals surface area contributed by atoms with Gasteiger partial charge in [-0.15, -0.1) is 0 Å². The minimum atomic E-state index is -0.655. The molecule has 1 N–H and O–H groups in total. The van der Waals surface area contributed by atoms with Crippen molar-refractivity contribution in [2.24, 2.45) is 0 Å². The summed E-state index contributed by atoms with van der Waals surface area (Å²) < 4.78 is 6.14. The fraction of sp³-hybridized carbons (Fsp3) is 0.200. The fourth-order valence-corrected chi connectivity index (χ4v) is 2.16. The smallest absolute Gasteiger partial charge is 0.406 e. The largest absolute Gasteiger partial charge is 0.476 e. The lowest BCUT2D eigenvalue weighted by Crippen LogP contribution is -2.31. The Balaban J connectivity index is 1.93. The summed E-state index contributed by atoms with van der Waals surface area (Å²) in [4.78, 5) is 25.7. The first-order valence-corrected chi connectivity index (χ1v) is 7.53. The lowest BCUT2D eigenvalue weighted by molar-refractivity contribution is -0.390. The molecule has 23 heavy (non-hydrogen) atoms. The molecule has 1 atom stereocenters. The summed E-state index contributed by atoms with van der Waals surface area (Å²) in [6.45, 7) is 1.51. The number of benzene rings is 1. The first-order valence-electron chi connectivity index (χ1n) is 6.74. The molecule has 1 aromatic heterocycles. The summed E-state index contributed by atoms with van der Waals surface area (Å²) in [7, 11) is 0. The third-order valence-electron chi connectivity index (χ3n) is 3.03. The number of pyridine rings is 1. The van der Waals surface area contributed by atoms with Gasteiger partial charge in [0, 0.05) is 4.47 Å². The maximum atomic E-state index is 11.9. The van der Waals surface area contributed by atoms with Gasteiger partial charge in [0.1, 0.15) is 6.20 Å². The van der Waals surface area contributed by atoms with Crippen LogP contribution in [0.2, 0.25) is 0 Å². The highest BCUT2D eigenvalue weighted by molar-refractivity contribution is 9.10. The average Bonchev–Trinajstić information content (AvgIpc) is 2.53. The molecule has 2 rings (SSSR count). The average molecular weight is 380 g/mol. The second-order valence-electron chi connectivity index (χ2n) is 4.71. The van der Waals surface area contributed by atoms with Gasteiger partial charge in [-0.3, -0.25) is 4.79 Å². The molecule has 0 aliphatic heterocycles. The molecule has 0 spiro atoms. The van der Waals surface area contributed by atoms with Crippen LogP contribution >= 0.6 is 15.9 Å². The lowest BCUT2D eigenvalue weighted by atomic mass is 10.1. The van der Waals surface area contributed by atoms with Gasteiger partial charge in [-0.05, 0) is 46.7 Å². The summed E-state index contributed by atoms with van der Waals surface area (Å²) in [6.07, 6.45) is 1.29. The van der Waals surface area contributed by atoms with E-state index in [-0.39, 0.29) is 24.3 Å². The van der Waals surface area contributed by atoms with E-state index >= 15 is 0 Å². The molecule has 120 valence electrons. The van der Waals surface area contributed by atoms with E-state index in [9.17, 15) is 14.9 Å². The number of nitrogens with zero attached hydrogens (tertiary/aromatic N) is 2. The molecule has 0 fully saturated rings. The summed E-state index contributed by atoms with van der Waals surface area (Å²) >= 11 is 3.35. The third-order valence-corrected chi connectivity index (χ3v) is 3.56. The van der Waals surface area contributed by atoms with E-state index in [0.29, 0.717) is 0 Å². The van der Waals surface area contributed by atoms with Crippen LogP contribution in [-0.4, -0.2) is 22.4 Å². The van der Waals surface area contributed by atoms with Crippen LogP contribution in [0.4, 0.5) is 5.82 Å². The summed E-state index contributed by atoms with van der Waals surface area (Å²) in [5.41, 5.74) is 0.939. The van der Waals surface area contributed by atoms with Crippen LogP contribution in [0.15, 0.2) is 47.1 Å². The van der Waals surface area contributed by atoms with Crippen molar-refractivity contribution in [3.63, 3.8) is 0 Å². The molecule has 2 aromatic rings. The minimum absolute atomic E-state index is 0.0380. The van der Waals surface area contributed by atoms with E-state index in [4.69, 9.17) is 4.74 Å². The highest BCUT2D eigenvalue weighted by Crippen LogP contribution is 2.22. The zero-order valence-electron chi connectivity index (χ0n) is 12.2. The Morgan fingerprint density at radius 1 is 1.39 bits per heavy atom. The Bertz CT molecular complexity index is 706. The van der Waals surface area contributed by atoms with Gasteiger partial charge < -0.3 is 20.2 Å². The molecule has 1 aromatic carbocycles. The van der Waals surface area contributed by atoms with Gasteiger partial charge in [0.2, 0.25) is 5.75 Å². The monoisotopic (exact) mass is 379 g/mol. The van der Waals surface area contributed by atoms with Crippen LogP contribution in [0.25, 0.3) is 0 Å². The number of carbonyl (C=O) groups excluding carboxylic acids is 1. The van der Waals surface area contributed by atoms with Crippen molar-refractivity contribution in [2.75, 3.05) is 6.61 Å². The van der Waals surface area contributed by atoms with E-state index in [1.807, 2.05) is 31.2 Å². The predicted octanol–water partition coefficient (Wildman–Crippen LogP) is 3.01. The van der Waals surface area contributed by atoms with Gasteiger partial charge in [-0.1, -0.05) is 28.1 Å². The molecular formula is C15H14BrN3O4. The van der Waals surface area contributed by atoms with E-state index in [2.05, 4.69) is 26.2 Å². The number of aromatic nitrogens is 1. The molecule has 0 bridgehead atoms. The molecule has 1 unspecified atom stereocenters. The van der Waals surface area contributed by atoms with Crippen molar-refractivity contribution in [1.82, 2.24) is 10.3 Å². The zero-order chi connectivity index (χ0) is 16.8. The quantitative estimate of drug-likeness (QED) is 0.614. The number of nitrogens with one attached hydrogen (secondary N) is 1. The van der Waals surface area contributed by atoms with Crippen LogP contribution in [0.1, 0.15) is 18.5 Å². The highest BCUT2D eigenvalue weighted by Gasteiger charge is 2.17. The number of hydrogen-bond acceptors (Lipinski definition) is 5. The van der Waals surface area contributed by atoms with Crippen LogP contribution in [0.5, 0.6) is 5.75 Å². The lowest BCUT2D eigenvalue weighted by Gasteiger charge is -2.14. The van der Waals surface area contributed by atoms with Crippen LogP contribution in [0.3, 0.4) is 0 Å². The number of ether oxygens (including phenoxy) is 1. The summed E-state index contributed by atoms with van der Waals surface area (Å²) in [5.74, 6) is -0.830. The molecule has 7 nitrogen and oxygen atoms in total. The van der Waals surface area contributed by atoms with Crippen molar-refractivity contribution in [3.05, 3.63) is 62.7 Å². The minimum Gasteiger partial charge on any atom is -0.476 e. The second-order valence-corrected chi connectivity index (χ2v) is 5.63. The van der Waals surface area contributed by atoms with E-state index in [1.54, 1.807) is 0 Å². The fourth-order valence-electron chi connectivity index (χ4n) is 1.89. The number of halogens is 1. The normalized spacial score (nSPS) is 11.6. The number of hydrogen-bond donors (Lipinski definition) is 1. The van der Waals surface area contributed by atoms with Crippen LogP contribution in [-0.2, 0) is 4.79 Å².